The van der Waals surface area contributed by atoms with E-state index in [4.69, 9.17) is 11.6 Å². The summed E-state index contributed by atoms with van der Waals surface area (Å²) in [4.78, 5) is 0. The lowest BCUT2D eigenvalue weighted by Gasteiger charge is -1.90. The lowest BCUT2D eigenvalue weighted by Crippen LogP contribution is -1.74. The maximum atomic E-state index is 12.2. The van der Waals surface area contributed by atoms with Crippen LogP contribution in [0.25, 0.3) is 0 Å². The molecule has 9 heavy (non-hydrogen) atoms. The van der Waals surface area contributed by atoms with Crippen LogP contribution in [0.1, 0.15) is 5.56 Å². The van der Waals surface area contributed by atoms with Crippen LogP contribution >= 0.6 is 11.6 Å². The predicted molar refractivity (Wildman–Crippen MR) is 35.7 cm³/mol. The smallest absolute Gasteiger partial charge is 0.123 e. The minimum absolute atomic E-state index is 0.239. The van der Waals surface area contributed by atoms with Gasteiger partial charge in [0.1, 0.15) is 5.82 Å². The maximum Gasteiger partial charge on any atom is 0.123 e. The molecule has 1 aromatic rings. The van der Waals surface area contributed by atoms with E-state index in [1.807, 2.05) is 0 Å². The molecule has 0 aliphatic rings. The fourth-order valence-corrected chi connectivity index (χ4v) is 0.681. The van der Waals surface area contributed by atoms with Gasteiger partial charge in [0.25, 0.3) is 0 Å². The van der Waals surface area contributed by atoms with Gasteiger partial charge in [-0.3, -0.25) is 0 Å². The molecule has 0 spiro atoms. The third-order valence-electron chi connectivity index (χ3n) is 0.996. The van der Waals surface area contributed by atoms with Gasteiger partial charge in [-0.2, -0.15) is 0 Å². The second kappa shape index (κ2) is 2.83. The topological polar surface area (TPSA) is 0 Å². The fourth-order valence-electron chi connectivity index (χ4n) is 0.536. The number of halogens is 2. The van der Waals surface area contributed by atoms with Crippen molar-refractivity contribution >= 4 is 11.6 Å². The van der Waals surface area contributed by atoms with Gasteiger partial charge in [-0.1, -0.05) is 12.1 Å². The molecule has 0 N–H and O–H groups in total. The van der Waals surface area contributed by atoms with Crippen molar-refractivity contribution in [3.05, 3.63) is 41.5 Å². The van der Waals surface area contributed by atoms with E-state index >= 15 is 0 Å². The normalized spacial score (nSPS) is 9.56. The highest BCUT2D eigenvalue weighted by Crippen LogP contribution is 2.06. The van der Waals surface area contributed by atoms with E-state index in [0.29, 0.717) is 0 Å². The molecule has 0 aromatic heterocycles. The summed E-state index contributed by atoms with van der Waals surface area (Å²) in [6.07, 6.45) is 0. The molecule has 47 valence electrons. The molecule has 1 radical (unpaired) electrons. The SMILES string of the molecule is Fc1ccc([CH]Cl)cc1. The Labute approximate surface area is 58.3 Å². The molecule has 0 unspecified atom stereocenters. The molecule has 0 atom stereocenters. The Balaban J connectivity index is 2.88. The quantitative estimate of drug-likeness (QED) is 0.567. The van der Waals surface area contributed by atoms with Crippen LogP contribution in [0.3, 0.4) is 0 Å². The molecule has 0 amide bonds. The second-order valence-electron chi connectivity index (χ2n) is 1.66. The summed E-state index contributed by atoms with van der Waals surface area (Å²) in [5.41, 5.74) is 0.818. The largest absolute Gasteiger partial charge is 0.207 e. The summed E-state index contributed by atoms with van der Waals surface area (Å²) in [5.74, 6) is 1.16. The Morgan fingerprint density at radius 2 is 1.78 bits per heavy atom. The van der Waals surface area contributed by atoms with Gasteiger partial charge in [0.2, 0.25) is 0 Å². The molecular weight excluding hydrogens is 139 g/mol. The first-order chi connectivity index (χ1) is 4.33. The molecule has 0 saturated carbocycles. The van der Waals surface area contributed by atoms with Crippen LogP contribution in [0.4, 0.5) is 4.39 Å². The first-order valence-corrected chi connectivity index (χ1v) is 2.95. The molecule has 0 heterocycles. The van der Waals surface area contributed by atoms with Crippen molar-refractivity contribution in [3.63, 3.8) is 0 Å². The summed E-state index contributed by atoms with van der Waals surface area (Å²) < 4.78 is 12.2. The number of benzene rings is 1. The summed E-state index contributed by atoms with van der Waals surface area (Å²) in [7, 11) is 0. The third-order valence-corrected chi connectivity index (χ3v) is 1.25. The van der Waals surface area contributed by atoms with E-state index in [9.17, 15) is 4.39 Å². The number of hydrogen-bond donors (Lipinski definition) is 0. The minimum Gasteiger partial charge on any atom is -0.207 e. The predicted octanol–water partition coefficient (Wildman–Crippen LogP) is 2.57. The summed E-state index contributed by atoms with van der Waals surface area (Å²) in [6.45, 7) is 0. The van der Waals surface area contributed by atoms with Gasteiger partial charge in [0.15, 0.2) is 0 Å². The van der Waals surface area contributed by atoms with Crippen LogP contribution < -0.4 is 0 Å². The third kappa shape index (κ3) is 1.68. The minimum atomic E-state index is -0.239. The van der Waals surface area contributed by atoms with E-state index in [1.165, 1.54) is 18.0 Å². The second-order valence-corrected chi connectivity index (χ2v) is 1.88. The lowest BCUT2D eigenvalue weighted by molar-refractivity contribution is 0.627. The van der Waals surface area contributed by atoms with Crippen molar-refractivity contribution in [1.29, 1.82) is 0 Å². The highest BCUT2D eigenvalue weighted by Gasteiger charge is 1.89. The van der Waals surface area contributed by atoms with Crippen molar-refractivity contribution in [1.82, 2.24) is 0 Å². The first kappa shape index (κ1) is 6.56. The molecule has 0 aliphatic heterocycles. The first-order valence-electron chi connectivity index (χ1n) is 2.52. The van der Waals surface area contributed by atoms with Crippen molar-refractivity contribution in [2.24, 2.45) is 0 Å². The van der Waals surface area contributed by atoms with Crippen molar-refractivity contribution in [2.75, 3.05) is 0 Å². The van der Waals surface area contributed by atoms with E-state index in [-0.39, 0.29) is 5.82 Å². The van der Waals surface area contributed by atoms with Crippen LogP contribution in [0.2, 0.25) is 0 Å². The van der Waals surface area contributed by atoms with Gasteiger partial charge < -0.3 is 0 Å². The summed E-state index contributed by atoms with van der Waals surface area (Å²) >= 11 is 5.33. The van der Waals surface area contributed by atoms with Crippen LogP contribution in [0, 0.1) is 11.7 Å². The van der Waals surface area contributed by atoms with E-state index in [1.54, 1.807) is 12.1 Å². The van der Waals surface area contributed by atoms with E-state index < -0.39 is 0 Å². The Kier molecular flexibility index (Phi) is 2.06. The van der Waals surface area contributed by atoms with Gasteiger partial charge in [-0.25, -0.2) is 4.39 Å². The summed E-state index contributed by atoms with van der Waals surface area (Å²) in [5, 5.41) is 0. The zero-order valence-corrected chi connectivity index (χ0v) is 5.40. The fraction of sp³-hybridized carbons (Fsp3) is 0. The zero-order chi connectivity index (χ0) is 6.69. The van der Waals surface area contributed by atoms with Gasteiger partial charge in [-0.15, -0.1) is 11.6 Å². The highest BCUT2D eigenvalue weighted by atomic mass is 35.5. The lowest BCUT2D eigenvalue weighted by atomic mass is 10.2. The average molecular weight is 144 g/mol. The van der Waals surface area contributed by atoms with Crippen LogP contribution in [-0.4, -0.2) is 0 Å². The van der Waals surface area contributed by atoms with Crippen LogP contribution in [0.5, 0.6) is 0 Å². The van der Waals surface area contributed by atoms with Gasteiger partial charge in [0, 0.05) is 0 Å². The highest BCUT2D eigenvalue weighted by molar-refractivity contribution is 6.25. The van der Waals surface area contributed by atoms with Gasteiger partial charge in [0.05, 0.1) is 5.88 Å². The average Bonchev–Trinajstić information content (AvgIpc) is 1.90. The number of rotatable bonds is 1. The monoisotopic (exact) mass is 143 g/mol. The molecule has 0 aliphatic carbocycles. The molecule has 0 fully saturated rings. The molecule has 2 heteroatoms. The van der Waals surface area contributed by atoms with Gasteiger partial charge in [-0.05, 0) is 17.7 Å². The summed E-state index contributed by atoms with van der Waals surface area (Å²) in [6, 6.07) is 5.97. The van der Waals surface area contributed by atoms with Crippen LogP contribution in [-0.2, 0) is 0 Å². The zero-order valence-electron chi connectivity index (χ0n) is 4.64. The van der Waals surface area contributed by atoms with E-state index in [0.717, 1.165) is 5.56 Å². The Bertz CT molecular complexity index is 181. The van der Waals surface area contributed by atoms with E-state index in [2.05, 4.69) is 0 Å². The number of hydrogen-bond acceptors (Lipinski definition) is 0. The Hall–Kier alpha value is -0.560. The molecular formula is C7H5ClF. The van der Waals surface area contributed by atoms with Crippen molar-refractivity contribution < 1.29 is 4.39 Å². The Morgan fingerprint density at radius 1 is 1.22 bits per heavy atom. The Morgan fingerprint density at radius 3 is 2.22 bits per heavy atom. The molecule has 1 rings (SSSR count). The molecule has 1 aromatic carbocycles. The standard InChI is InChI=1S/C7H5ClF/c8-5-6-1-3-7(9)4-2-6/h1-5H. The van der Waals surface area contributed by atoms with Crippen molar-refractivity contribution in [3.8, 4) is 0 Å². The molecule has 0 bridgehead atoms. The van der Waals surface area contributed by atoms with Crippen molar-refractivity contribution in [2.45, 2.75) is 0 Å². The maximum absolute atomic E-state index is 12.2. The van der Waals surface area contributed by atoms with Gasteiger partial charge >= 0.3 is 0 Å². The van der Waals surface area contributed by atoms with Crippen LogP contribution in [0.15, 0.2) is 24.3 Å². The molecule has 0 nitrogen and oxygen atoms in total. The molecule has 0 saturated heterocycles.